The number of carbonyl (C=O) groups is 1. The van der Waals surface area contributed by atoms with Crippen LogP contribution in [0.4, 0.5) is 10.7 Å². The number of hydrazine groups is 1. The standard InChI is InChI=1S/C2H3N7O.H4N2/c3-5-2(10)4-1-6-8-9-7-1;1-2/h3H,(H2,4,6,7,8,9,10);1-2H2. The average Bonchev–Trinajstić information content (AvgIpc) is 2.60. The maximum atomic E-state index is 10.3. The molecule has 12 heavy (non-hydrogen) atoms. The summed E-state index contributed by atoms with van der Waals surface area (Å²) in [6.07, 6.45) is 0. The molecule has 0 atom stereocenters. The van der Waals surface area contributed by atoms with E-state index in [2.05, 4.69) is 42.7 Å². The van der Waals surface area contributed by atoms with Gasteiger partial charge < -0.3 is 0 Å². The van der Waals surface area contributed by atoms with Crippen LogP contribution in [0.5, 0.6) is 0 Å². The lowest BCUT2D eigenvalue weighted by molar-refractivity contribution is 0.257. The van der Waals surface area contributed by atoms with Gasteiger partial charge in [0.15, 0.2) is 0 Å². The van der Waals surface area contributed by atoms with Gasteiger partial charge in [0.1, 0.15) is 0 Å². The molecule has 1 aromatic heterocycles. The molecule has 7 N–H and O–H groups in total. The van der Waals surface area contributed by atoms with Crippen molar-refractivity contribution in [2.45, 2.75) is 0 Å². The number of nitrogens with two attached hydrogens (primary N) is 2. The van der Waals surface area contributed by atoms with E-state index in [0.29, 0.717) is 0 Å². The van der Waals surface area contributed by atoms with Crippen LogP contribution in [0.15, 0.2) is 5.11 Å². The van der Waals surface area contributed by atoms with E-state index in [-0.39, 0.29) is 5.95 Å². The summed E-state index contributed by atoms with van der Waals surface area (Å²) in [4.78, 5) is 10.3. The molecule has 1 rings (SSSR count). The maximum absolute atomic E-state index is 10.3. The Morgan fingerprint density at radius 1 is 1.67 bits per heavy atom. The fourth-order valence-corrected chi connectivity index (χ4v) is 0.338. The molecule has 0 aliphatic rings. The Bertz CT molecular complexity index is 227. The molecule has 0 fully saturated rings. The van der Waals surface area contributed by atoms with E-state index in [4.69, 9.17) is 5.53 Å². The SMILES string of the molecule is N=NC(=O)Nc1nn[nH]n1.NN. The van der Waals surface area contributed by atoms with Crippen LogP contribution in [0.25, 0.3) is 0 Å². The minimum atomic E-state index is -0.832. The topological polar surface area (TPSA) is 172 Å². The smallest absolute Gasteiger partial charge is 0.274 e. The summed E-state index contributed by atoms with van der Waals surface area (Å²) >= 11 is 0. The number of urea groups is 1. The quantitative estimate of drug-likeness (QED) is 0.198. The van der Waals surface area contributed by atoms with Crippen LogP contribution in [-0.2, 0) is 0 Å². The number of nitrogens with zero attached hydrogens (tertiary/aromatic N) is 4. The molecule has 0 saturated heterocycles. The molecule has 1 heterocycles. The number of hydrogen-bond donors (Lipinski definition) is 5. The number of tetrazole rings is 1. The molecule has 0 saturated carbocycles. The Labute approximate surface area is 66.2 Å². The number of H-pyrrole nitrogens is 1. The summed E-state index contributed by atoms with van der Waals surface area (Å²) in [6.45, 7) is 0. The van der Waals surface area contributed by atoms with Crippen molar-refractivity contribution in [1.29, 1.82) is 5.53 Å². The van der Waals surface area contributed by atoms with Crippen molar-refractivity contribution in [2.75, 3.05) is 5.32 Å². The molecule has 0 unspecified atom stereocenters. The first-order valence-corrected chi connectivity index (χ1v) is 2.58. The lowest BCUT2D eigenvalue weighted by Crippen LogP contribution is -2.06. The fraction of sp³-hybridized carbons (Fsp3) is 0. The van der Waals surface area contributed by atoms with Crippen molar-refractivity contribution in [2.24, 2.45) is 16.8 Å². The number of carbonyl (C=O) groups excluding carboxylic acids is 1. The maximum Gasteiger partial charge on any atom is 0.365 e. The van der Waals surface area contributed by atoms with E-state index in [1.807, 2.05) is 0 Å². The van der Waals surface area contributed by atoms with Gasteiger partial charge in [-0.2, -0.15) is 10.7 Å². The number of anilines is 1. The highest BCUT2D eigenvalue weighted by atomic mass is 16.2. The number of amides is 2. The van der Waals surface area contributed by atoms with Gasteiger partial charge >= 0.3 is 6.03 Å². The third-order valence-electron chi connectivity index (χ3n) is 0.666. The van der Waals surface area contributed by atoms with Crippen molar-refractivity contribution in [1.82, 2.24) is 20.6 Å². The second-order valence-corrected chi connectivity index (χ2v) is 1.28. The fourth-order valence-electron chi connectivity index (χ4n) is 0.338. The minimum absolute atomic E-state index is 0.000926. The molecule has 0 aliphatic carbocycles. The molecule has 0 spiro atoms. The Kier molecular flexibility index (Phi) is 4.88. The van der Waals surface area contributed by atoms with Crippen molar-refractivity contribution >= 4 is 12.0 Å². The predicted molar refractivity (Wildman–Crippen MR) is 36.7 cm³/mol. The number of aromatic amines is 1. The minimum Gasteiger partial charge on any atom is -0.274 e. The van der Waals surface area contributed by atoms with Crippen molar-refractivity contribution in [3.63, 3.8) is 0 Å². The first-order chi connectivity index (χ1) is 5.83. The highest BCUT2D eigenvalue weighted by molar-refractivity contribution is 5.87. The van der Waals surface area contributed by atoms with Crippen LogP contribution in [-0.4, -0.2) is 26.7 Å². The average molecular weight is 173 g/mol. The second-order valence-electron chi connectivity index (χ2n) is 1.28. The van der Waals surface area contributed by atoms with Gasteiger partial charge in [0.2, 0.25) is 0 Å². The van der Waals surface area contributed by atoms with Crippen molar-refractivity contribution in [3.8, 4) is 0 Å². The van der Waals surface area contributed by atoms with Crippen LogP contribution < -0.4 is 17.0 Å². The molecule has 66 valence electrons. The zero-order valence-electron chi connectivity index (χ0n) is 5.85. The lowest BCUT2D eigenvalue weighted by atomic mass is 10.9. The van der Waals surface area contributed by atoms with Gasteiger partial charge in [-0.05, 0) is 5.21 Å². The molecule has 0 bridgehead atoms. The molecule has 0 aromatic carbocycles. The summed E-state index contributed by atoms with van der Waals surface area (Å²) in [5.41, 5.74) is 6.24. The van der Waals surface area contributed by atoms with E-state index in [0.717, 1.165) is 0 Å². The van der Waals surface area contributed by atoms with Gasteiger partial charge in [-0.3, -0.25) is 17.0 Å². The molecule has 0 radical (unpaired) electrons. The first-order valence-electron chi connectivity index (χ1n) is 2.58. The van der Waals surface area contributed by atoms with E-state index < -0.39 is 6.03 Å². The van der Waals surface area contributed by atoms with E-state index in [1.54, 1.807) is 0 Å². The van der Waals surface area contributed by atoms with Gasteiger partial charge in [-0.15, -0.1) is 5.10 Å². The van der Waals surface area contributed by atoms with Gasteiger partial charge in [0, 0.05) is 0 Å². The summed E-state index contributed by atoms with van der Waals surface area (Å²) in [6, 6.07) is -0.832. The number of hydrogen-bond acceptors (Lipinski definition) is 7. The Morgan fingerprint density at radius 2 is 2.33 bits per heavy atom. The zero-order valence-corrected chi connectivity index (χ0v) is 5.85. The van der Waals surface area contributed by atoms with E-state index >= 15 is 0 Å². The van der Waals surface area contributed by atoms with Gasteiger partial charge in [0.25, 0.3) is 5.95 Å². The molecule has 1 aromatic rings. The van der Waals surface area contributed by atoms with Gasteiger partial charge in [-0.25, -0.2) is 4.79 Å². The Morgan fingerprint density at radius 3 is 2.75 bits per heavy atom. The first kappa shape index (κ1) is 10.1. The third kappa shape index (κ3) is 3.28. The third-order valence-corrected chi connectivity index (χ3v) is 0.666. The van der Waals surface area contributed by atoms with E-state index in [9.17, 15) is 4.79 Å². The molecule has 10 nitrogen and oxygen atoms in total. The van der Waals surface area contributed by atoms with Crippen LogP contribution in [0.2, 0.25) is 0 Å². The summed E-state index contributed by atoms with van der Waals surface area (Å²) < 4.78 is 0. The van der Waals surface area contributed by atoms with Crippen molar-refractivity contribution in [3.05, 3.63) is 0 Å². The summed E-state index contributed by atoms with van der Waals surface area (Å²) in [7, 11) is 0. The van der Waals surface area contributed by atoms with Crippen LogP contribution >= 0.6 is 0 Å². The van der Waals surface area contributed by atoms with Gasteiger partial charge in [0.05, 0.1) is 0 Å². The number of nitrogens with one attached hydrogen (secondary N) is 3. The molecule has 0 aliphatic heterocycles. The van der Waals surface area contributed by atoms with Gasteiger partial charge in [-0.1, -0.05) is 10.2 Å². The van der Waals surface area contributed by atoms with Crippen LogP contribution in [0.1, 0.15) is 0 Å². The van der Waals surface area contributed by atoms with Crippen molar-refractivity contribution < 1.29 is 4.79 Å². The Balaban J connectivity index is 0.000000561. The summed E-state index contributed by atoms with van der Waals surface area (Å²) in [5.74, 6) is 8.00. The normalized spacial score (nSPS) is 7.83. The Hall–Kier alpha value is -1.94. The van der Waals surface area contributed by atoms with Crippen LogP contribution in [0, 0.1) is 5.53 Å². The molecule has 10 heteroatoms. The largest absolute Gasteiger partial charge is 0.365 e. The molecule has 2 amide bonds. The summed E-state index contributed by atoms with van der Waals surface area (Å²) in [5, 5.41) is 16.6. The lowest BCUT2D eigenvalue weighted by Gasteiger charge is -1.87. The zero-order chi connectivity index (χ0) is 9.40. The highest BCUT2D eigenvalue weighted by Gasteiger charge is 2.00. The second kappa shape index (κ2) is 5.82. The monoisotopic (exact) mass is 173 g/mol. The number of aromatic nitrogens is 4. The van der Waals surface area contributed by atoms with E-state index in [1.165, 1.54) is 0 Å². The predicted octanol–water partition coefficient (Wildman–Crippen LogP) is -1.42. The molecular formula is C2H7N9O. The number of rotatable bonds is 1. The van der Waals surface area contributed by atoms with Crippen LogP contribution in [0.3, 0.4) is 0 Å². The highest BCUT2D eigenvalue weighted by Crippen LogP contribution is 1.90. The molecular weight excluding hydrogens is 166 g/mol.